The fourth-order valence-electron chi connectivity index (χ4n) is 3.33. The Morgan fingerprint density at radius 1 is 0.885 bits per heavy atom. The zero-order valence-corrected chi connectivity index (χ0v) is 16.9. The molecule has 0 aliphatic heterocycles. The highest BCUT2D eigenvalue weighted by Gasteiger charge is 2.10. The summed E-state index contributed by atoms with van der Waals surface area (Å²) in [5, 5.41) is 12.2. The number of benzene rings is 1. The Bertz CT molecular complexity index is 470. The first-order valence-electron chi connectivity index (χ1n) is 10.7. The van der Waals surface area contributed by atoms with E-state index in [0.717, 1.165) is 18.5 Å². The lowest BCUT2D eigenvalue weighted by Gasteiger charge is -2.16. The maximum absolute atomic E-state index is 10.8. The summed E-state index contributed by atoms with van der Waals surface area (Å²) in [6.45, 7) is 4.28. The maximum atomic E-state index is 10.8. The van der Waals surface area contributed by atoms with Gasteiger partial charge in [0.25, 0.3) is 0 Å². The van der Waals surface area contributed by atoms with Gasteiger partial charge in [0.05, 0.1) is 6.42 Å². The van der Waals surface area contributed by atoms with Crippen LogP contribution in [0.2, 0.25) is 0 Å². The first-order valence-corrected chi connectivity index (χ1v) is 10.7. The van der Waals surface area contributed by atoms with Crippen LogP contribution in [0.3, 0.4) is 0 Å². The quantitative estimate of drug-likeness (QED) is 0.318. The number of hydrogen-bond donors (Lipinski definition) is 2. The minimum Gasteiger partial charge on any atom is -0.481 e. The van der Waals surface area contributed by atoms with E-state index in [1.807, 2.05) is 6.92 Å². The van der Waals surface area contributed by atoms with E-state index in [2.05, 4.69) is 36.5 Å². The monoisotopic (exact) mass is 361 g/mol. The molecule has 0 saturated heterocycles. The number of carboxylic acid groups (broad SMARTS) is 1. The Hall–Kier alpha value is -1.51. The van der Waals surface area contributed by atoms with Crippen LogP contribution in [-0.2, 0) is 11.2 Å². The van der Waals surface area contributed by atoms with Gasteiger partial charge in [-0.2, -0.15) is 0 Å². The average Bonchev–Trinajstić information content (AvgIpc) is 2.63. The van der Waals surface area contributed by atoms with Crippen molar-refractivity contribution in [3.63, 3.8) is 0 Å². The Balaban J connectivity index is 2.12. The number of unbranched alkanes of at least 4 members (excludes halogenated alkanes) is 9. The molecule has 1 aromatic rings. The summed E-state index contributed by atoms with van der Waals surface area (Å²) in [5.41, 5.74) is 2.39. The number of rotatable bonds is 16. The minimum atomic E-state index is -0.748. The van der Waals surface area contributed by atoms with Crippen LogP contribution in [0.15, 0.2) is 24.3 Å². The molecule has 0 heterocycles. The van der Waals surface area contributed by atoms with E-state index < -0.39 is 5.97 Å². The number of nitrogens with one attached hydrogen (secondary N) is 1. The molecule has 0 spiro atoms. The summed E-state index contributed by atoms with van der Waals surface area (Å²) >= 11 is 0. The van der Waals surface area contributed by atoms with Gasteiger partial charge in [-0.15, -0.1) is 0 Å². The SMILES string of the molecule is CCCCCCCCCCCCc1ccc(NC(CC)CC(=O)O)cc1. The van der Waals surface area contributed by atoms with Crippen molar-refractivity contribution in [3.05, 3.63) is 29.8 Å². The molecular formula is C23H39NO2. The number of carboxylic acids is 1. The largest absolute Gasteiger partial charge is 0.481 e. The predicted octanol–water partition coefficient (Wildman–Crippen LogP) is 6.82. The van der Waals surface area contributed by atoms with Gasteiger partial charge < -0.3 is 10.4 Å². The molecule has 26 heavy (non-hydrogen) atoms. The first-order chi connectivity index (χ1) is 12.7. The van der Waals surface area contributed by atoms with Crippen LogP contribution in [0.25, 0.3) is 0 Å². The van der Waals surface area contributed by atoms with E-state index in [1.165, 1.54) is 69.8 Å². The molecule has 1 aromatic carbocycles. The Labute approximate surface area is 160 Å². The second kappa shape index (κ2) is 14.6. The zero-order chi connectivity index (χ0) is 19.0. The van der Waals surface area contributed by atoms with Crippen LogP contribution < -0.4 is 5.32 Å². The number of aliphatic carboxylic acids is 1. The molecule has 0 amide bonds. The number of anilines is 1. The highest BCUT2D eigenvalue weighted by molar-refractivity contribution is 5.68. The third-order valence-corrected chi connectivity index (χ3v) is 5.06. The van der Waals surface area contributed by atoms with Crippen molar-refractivity contribution in [3.8, 4) is 0 Å². The fraction of sp³-hybridized carbons (Fsp3) is 0.696. The number of aryl methyl sites for hydroxylation is 1. The van der Waals surface area contributed by atoms with E-state index in [0.29, 0.717) is 0 Å². The molecule has 1 atom stereocenters. The van der Waals surface area contributed by atoms with Gasteiger partial charge in [-0.25, -0.2) is 0 Å². The van der Waals surface area contributed by atoms with Crippen LogP contribution in [-0.4, -0.2) is 17.1 Å². The van der Waals surface area contributed by atoms with Crippen LogP contribution >= 0.6 is 0 Å². The van der Waals surface area contributed by atoms with Gasteiger partial charge in [0.15, 0.2) is 0 Å². The van der Waals surface area contributed by atoms with Crippen molar-refractivity contribution in [2.75, 3.05) is 5.32 Å². The molecule has 0 aliphatic carbocycles. The molecule has 0 radical (unpaired) electrons. The standard InChI is InChI=1S/C23H39NO2/c1-3-5-6-7-8-9-10-11-12-13-14-20-15-17-22(18-16-20)24-21(4-2)19-23(25)26/h15-18,21,24H,3-14,19H2,1-2H3,(H,25,26). The summed E-state index contributed by atoms with van der Waals surface area (Å²) < 4.78 is 0. The lowest BCUT2D eigenvalue weighted by atomic mass is 10.0. The molecule has 0 fully saturated rings. The smallest absolute Gasteiger partial charge is 0.305 e. The zero-order valence-electron chi connectivity index (χ0n) is 16.9. The molecular weight excluding hydrogens is 322 g/mol. The number of hydrogen-bond acceptors (Lipinski definition) is 2. The van der Waals surface area contributed by atoms with E-state index >= 15 is 0 Å². The topological polar surface area (TPSA) is 49.3 Å². The van der Waals surface area contributed by atoms with E-state index in [9.17, 15) is 4.79 Å². The van der Waals surface area contributed by atoms with E-state index in [1.54, 1.807) is 0 Å². The van der Waals surface area contributed by atoms with Gasteiger partial charge in [-0.05, 0) is 37.0 Å². The highest BCUT2D eigenvalue weighted by atomic mass is 16.4. The normalized spacial score (nSPS) is 12.1. The summed E-state index contributed by atoms with van der Waals surface area (Å²) in [5.74, 6) is -0.748. The first kappa shape index (κ1) is 22.5. The van der Waals surface area contributed by atoms with Gasteiger partial charge in [0.2, 0.25) is 0 Å². The van der Waals surface area contributed by atoms with E-state index in [-0.39, 0.29) is 12.5 Å². The van der Waals surface area contributed by atoms with Crippen molar-refractivity contribution in [1.82, 2.24) is 0 Å². The van der Waals surface area contributed by atoms with Gasteiger partial charge in [0, 0.05) is 11.7 Å². The summed E-state index contributed by atoms with van der Waals surface area (Å²) in [7, 11) is 0. The molecule has 1 unspecified atom stereocenters. The van der Waals surface area contributed by atoms with Crippen molar-refractivity contribution in [1.29, 1.82) is 0 Å². The summed E-state index contributed by atoms with van der Waals surface area (Å²) in [6.07, 6.45) is 15.8. The molecule has 0 saturated carbocycles. The molecule has 3 nitrogen and oxygen atoms in total. The van der Waals surface area contributed by atoms with E-state index in [4.69, 9.17) is 5.11 Å². The third-order valence-electron chi connectivity index (χ3n) is 5.06. The van der Waals surface area contributed by atoms with Crippen molar-refractivity contribution in [2.45, 2.75) is 103 Å². The third kappa shape index (κ3) is 11.2. The van der Waals surface area contributed by atoms with Gasteiger partial charge >= 0.3 is 5.97 Å². The van der Waals surface area contributed by atoms with Gasteiger partial charge in [-0.1, -0.05) is 83.8 Å². The predicted molar refractivity (Wildman–Crippen MR) is 112 cm³/mol. The molecule has 148 valence electrons. The second-order valence-corrected chi connectivity index (χ2v) is 7.48. The van der Waals surface area contributed by atoms with Crippen molar-refractivity contribution >= 4 is 11.7 Å². The number of carbonyl (C=O) groups is 1. The molecule has 2 N–H and O–H groups in total. The highest BCUT2D eigenvalue weighted by Crippen LogP contribution is 2.16. The van der Waals surface area contributed by atoms with Crippen LogP contribution in [0.5, 0.6) is 0 Å². The Kier molecular flexibility index (Phi) is 12.7. The molecule has 0 bridgehead atoms. The maximum Gasteiger partial charge on any atom is 0.305 e. The Morgan fingerprint density at radius 3 is 1.92 bits per heavy atom. The van der Waals surface area contributed by atoms with Gasteiger partial charge in [0.1, 0.15) is 0 Å². The summed E-state index contributed by atoms with van der Waals surface area (Å²) in [6, 6.07) is 8.50. The molecule has 0 aromatic heterocycles. The van der Waals surface area contributed by atoms with Crippen LogP contribution in [0.4, 0.5) is 5.69 Å². The fourth-order valence-corrected chi connectivity index (χ4v) is 3.33. The van der Waals surface area contributed by atoms with Gasteiger partial charge in [-0.3, -0.25) is 4.79 Å². The average molecular weight is 362 g/mol. The molecule has 3 heteroatoms. The lowest BCUT2D eigenvalue weighted by Crippen LogP contribution is -2.22. The minimum absolute atomic E-state index is 0.000299. The van der Waals surface area contributed by atoms with Crippen molar-refractivity contribution in [2.24, 2.45) is 0 Å². The van der Waals surface area contributed by atoms with Crippen LogP contribution in [0.1, 0.15) is 96.5 Å². The van der Waals surface area contributed by atoms with Crippen LogP contribution in [0, 0.1) is 0 Å². The molecule has 1 rings (SSSR count). The second-order valence-electron chi connectivity index (χ2n) is 7.48. The molecule has 0 aliphatic rings. The van der Waals surface area contributed by atoms with Crippen molar-refractivity contribution < 1.29 is 9.90 Å². The Morgan fingerprint density at radius 2 is 1.42 bits per heavy atom. The lowest BCUT2D eigenvalue weighted by molar-refractivity contribution is -0.137. The summed E-state index contributed by atoms with van der Waals surface area (Å²) in [4.78, 5) is 10.8.